The molecule has 0 spiro atoms. The maximum Gasteiger partial charge on any atom is 0.149 e. The molecule has 2 heterocycles. The molecule has 0 radical (unpaired) electrons. The lowest BCUT2D eigenvalue weighted by Gasteiger charge is -2.29. The zero-order valence-electron chi connectivity index (χ0n) is 25.2. The Morgan fingerprint density at radius 3 is 2.41 bits per heavy atom. The summed E-state index contributed by atoms with van der Waals surface area (Å²) in [7, 11) is 0. The number of allylic oxidation sites excluding steroid dienone is 4. The van der Waals surface area contributed by atoms with Crippen molar-refractivity contribution in [2.45, 2.75) is 73.0 Å². The van der Waals surface area contributed by atoms with Gasteiger partial charge in [-0.15, -0.1) is 0 Å². The topological polar surface area (TPSA) is 74.6 Å². The van der Waals surface area contributed by atoms with Crippen LogP contribution in [0.3, 0.4) is 0 Å². The van der Waals surface area contributed by atoms with Crippen LogP contribution in [-0.4, -0.2) is 39.1 Å². The Bertz CT molecular complexity index is 1340. The van der Waals surface area contributed by atoms with E-state index in [2.05, 4.69) is 100 Å². The van der Waals surface area contributed by atoms with Crippen LogP contribution < -0.4 is 15.7 Å². The van der Waals surface area contributed by atoms with Gasteiger partial charge in [0, 0.05) is 36.5 Å². The molecule has 4 rings (SSSR count). The molecule has 0 amide bonds. The van der Waals surface area contributed by atoms with E-state index >= 15 is 0 Å². The van der Waals surface area contributed by atoms with Gasteiger partial charge in [-0.3, -0.25) is 0 Å². The number of aromatic nitrogens is 2. The molecular weight excluding hydrogens is 510 g/mol. The van der Waals surface area contributed by atoms with E-state index in [1.807, 2.05) is 28.0 Å². The van der Waals surface area contributed by atoms with Gasteiger partial charge >= 0.3 is 0 Å². The van der Waals surface area contributed by atoms with Gasteiger partial charge < -0.3 is 15.3 Å². The van der Waals surface area contributed by atoms with E-state index in [4.69, 9.17) is 9.94 Å². The van der Waals surface area contributed by atoms with Gasteiger partial charge in [-0.05, 0) is 82.4 Å². The number of rotatable bonds is 12. The van der Waals surface area contributed by atoms with E-state index in [0.29, 0.717) is 6.54 Å². The van der Waals surface area contributed by atoms with Gasteiger partial charge in [-0.1, -0.05) is 67.0 Å². The molecule has 1 aliphatic rings. The number of piperidine rings is 1. The molecule has 1 fully saturated rings. The fourth-order valence-corrected chi connectivity index (χ4v) is 4.82. The number of hydrogen-bond donors (Lipinski definition) is 3. The third kappa shape index (κ3) is 8.19. The Morgan fingerprint density at radius 1 is 1.07 bits per heavy atom. The van der Waals surface area contributed by atoms with Gasteiger partial charge in [0.2, 0.25) is 0 Å². The van der Waals surface area contributed by atoms with Gasteiger partial charge in [-0.2, -0.15) is 5.10 Å². The molecule has 41 heavy (non-hydrogen) atoms. The SMILES string of the molecule is C/C=C(/C(=C\CC)NCc1ccc(ONN2CCC(O)CC2)cc1)c1cnn(-c2ccc(C)cc2)c1/C=C(\C)CC. The zero-order valence-corrected chi connectivity index (χ0v) is 25.2. The lowest BCUT2D eigenvalue weighted by Crippen LogP contribution is -2.46. The van der Waals surface area contributed by atoms with Crippen LogP contribution in [0.15, 0.2) is 78.1 Å². The average Bonchev–Trinajstić information content (AvgIpc) is 3.39. The van der Waals surface area contributed by atoms with Crippen LogP contribution in [0.4, 0.5) is 0 Å². The van der Waals surface area contributed by atoms with Crippen LogP contribution in [0.1, 0.15) is 75.8 Å². The Kier molecular flexibility index (Phi) is 11.0. The van der Waals surface area contributed by atoms with Crippen molar-refractivity contribution >= 4 is 11.6 Å². The second-order valence-electron chi connectivity index (χ2n) is 10.7. The maximum atomic E-state index is 9.68. The Balaban J connectivity index is 1.49. The zero-order chi connectivity index (χ0) is 29.2. The summed E-state index contributed by atoms with van der Waals surface area (Å²) in [6.07, 6.45) is 11.9. The summed E-state index contributed by atoms with van der Waals surface area (Å²) in [5, 5.41) is 20.2. The van der Waals surface area contributed by atoms with Crippen molar-refractivity contribution in [3.8, 4) is 11.4 Å². The van der Waals surface area contributed by atoms with E-state index in [1.54, 1.807) is 0 Å². The smallest absolute Gasteiger partial charge is 0.149 e. The molecule has 0 atom stereocenters. The lowest BCUT2D eigenvalue weighted by molar-refractivity contribution is -0.0349. The highest BCUT2D eigenvalue weighted by Crippen LogP contribution is 2.29. The van der Waals surface area contributed by atoms with Crippen LogP contribution in [0.5, 0.6) is 5.75 Å². The molecule has 0 aliphatic carbocycles. The molecular formula is C34H45N5O2. The van der Waals surface area contributed by atoms with Crippen LogP contribution in [0.2, 0.25) is 0 Å². The number of hydrogen-bond acceptors (Lipinski definition) is 6. The van der Waals surface area contributed by atoms with Crippen molar-refractivity contribution in [1.29, 1.82) is 0 Å². The van der Waals surface area contributed by atoms with Gasteiger partial charge in [0.05, 0.1) is 23.7 Å². The van der Waals surface area contributed by atoms with Crippen molar-refractivity contribution in [3.05, 3.63) is 101 Å². The van der Waals surface area contributed by atoms with Gasteiger partial charge in [-0.25, -0.2) is 9.69 Å². The van der Waals surface area contributed by atoms with Crippen molar-refractivity contribution in [2.24, 2.45) is 0 Å². The third-order valence-electron chi connectivity index (χ3n) is 7.47. The molecule has 7 heteroatoms. The fourth-order valence-electron chi connectivity index (χ4n) is 4.82. The number of nitrogens with zero attached hydrogens (tertiary/aromatic N) is 3. The minimum absolute atomic E-state index is 0.206. The summed E-state index contributed by atoms with van der Waals surface area (Å²) in [5.41, 5.74) is 12.2. The first-order chi connectivity index (χ1) is 19.9. The summed E-state index contributed by atoms with van der Waals surface area (Å²) < 4.78 is 2.04. The molecule has 1 saturated heterocycles. The largest absolute Gasteiger partial charge is 0.394 e. The normalized spacial score (nSPS) is 15.8. The predicted molar refractivity (Wildman–Crippen MR) is 168 cm³/mol. The number of benzene rings is 2. The summed E-state index contributed by atoms with van der Waals surface area (Å²) in [4.78, 5) is 5.75. The minimum atomic E-state index is -0.206. The first-order valence-electron chi connectivity index (χ1n) is 14.8. The van der Waals surface area contributed by atoms with E-state index in [9.17, 15) is 5.11 Å². The van der Waals surface area contributed by atoms with E-state index in [-0.39, 0.29) is 6.10 Å². The lowest BCUT2D eigenvalue weighted by atomic mass is 10.00. The van der Waals surface area contributed by atoms with Crippen molar-refractivity contribution in [2.75, 3.05) is 13.1 Å². The average molecular weight is 556 g/mol. The molecule has 3 N–H and O–H groups in total. The third-order valence-corrected chi connectivity index (χ3v) is 7.47. The van der Waals surface area contributed by atoms with E-state index in [1.165, 1.54) is 11.1 Å². The van der Waals surface area contributed by atoms with Crippen molar-refractivity contribution < 1.29 is 9.94 Å². The molecule has 1 aromatic heterocycles. The number of hydrazine groups is 1. The number of aliphatic hydroxyl groups excluding tert-OH is 1. The number of nitrogens with one attached hydrogen (secondary N) is 2. The highest BCUT2D eigenvalue weighted by molar-refractivity contribution is 5.83. The van der Waals surface area contributed by atoms with Crippen molar-refractivity contribution in [3.63, 3.8) is 0 Å². The maximum absolute atomic E-state index is 9.68. The van der Waals surface area contributed by atoms with Gasteiger partial charge in [0.25, 0.3) is 0 Å². The summed E-state index contributed by atoms with van der Waals surface area (Å²) in [6, 6.07) is 16.6. The Hall–Kier alpha value is -3.65. The standard InChI is InChI=1S/C34H45N5O2/c1-6-9-33(35-23-27-12-16-30(17-13-27)41-37-38-20-18-29(40)19-21-38)31(8-3)32-24-36-39(34(32)22-25(4)7-2)28-14-10-26(5)11-15-28/h8-17,22,24,29,35,37,40H,6-7,18-21,23H2,1-5H3/b25-22+,31-8+,33-9+. The number of aliphatic hydroxyl groups is 1. The molecule has 3 aromatic rings. The molecule has 2 aromatic carbocycles. The fraction of sp³-hybridized carbons (Fsp3) is 0.382. The van der Waals surface area contributed by atoms with Crippen LogP contribution in [0.25, 0.3) is 17.3 Å². The minimum Gasteiger partial charge on any atom is -0.394 e. The molecule has 7 nitrogen and oxygen atoms in total. The van der Waals surface area contributed by atoms with Crippen LogP contribution in [-0.2, 0) is 6.54 Å². The van der Waals surface area contributed by atoms with Crippen LogP contribution in [0, 0.1) is 6.92 Å². The van der Waals surface area contributed by atoms with Crippen LogP contribution >= 0.6 is 0 Å². The first kappa shape index (κ1) is 30.3. The number of aryl methyl sites for hydroxylation is 1. The quantitative estimate of drug-likeness (QED) is 0.170. The molecule has 218 valence electrons. The molecule has 0 unspecified atom stereocenters. The van der Waals surface area contributed by atoms with E-state index < -0.39 is 0 Å². The summed E-state index contributed by atoms with van der Waals surface area (Å²) >= 11 is 0. The van der Waals surface area contributed by atoms with Gasteiger partial charge in [0.1, 0.15) is 5.75 Å². The highest BCUT2D eigenvalue weighted by atomic mass is 16.7. The Labute approximate surface area is 245 Å². The second-order valence-corrected chi connectivity index (χ2v) is 10.7. The highest BCUT2D eigenvalue weighted by Gasteiger charge is 2.18. The summed E-state index contributed by atoms with van der Waals surface area (Å²) in [5.74, 6) is 0.754. The monoisotopic (exact) mass is 555 g/mol. The summed E-state index contributed by atoms with van der Waals surface area (Å²) in [6.45, 7) is 12.9. The first-order valence-corrected chi connectivity index (χ1v) is 14.8. The van der Waals surface area contributed by atoms with Gasteiger partial charge in [0.15, 0.2) is 0 Å². The van der Waals surface area contributed by atoms with Crippen molar-refractivity contribution in [1.82, 2.24) is 25.7 Å². The second kappa shape index (κ2) is 14.8. The Morgan fingerprint density at radius 2 is 1.78 bits per heavy atom. The predicted octanol–water partition coefficient (Wildman–Crippen LogP) is 6.74. The molecule has 0 bridgehead atoms. The molecule has 1 aliphatic heterocycles. The van der Waals surface area contributed by atoms with E-state index in [0.717, 1.165) is 78.3 Å². The molecule has 0 saturated carbocycles.